The summed E-state index contributed by atoms with van der Waals surface area (Å²) >= 11 is 0. The highest BCUT2D eigenvalue weighted by atomic mass is 19.3. The Morgan fingerprint density at radius 2 is 2.25 bits per heavy atom. The smallest absolute Gasteiger partial charge is 0.317 e. The molecule has 0 bridgehead atoms. The van der Waals surface area contributed by atoms with Gasteiger partial charge < -0.3 is 19.9 Å². The lowest BCUT2D eigenvalue weighted by molar-refractivity contribution is 0.0824. The van der Waals surface area contributed by atoms with E-state index in [0.29, 0.717) is 12.5 Å². The van der Waals surface area contributed by atoms with Crippen molar-refractivity contribution in [2.45, 2.75) is 25.3 Å². The number of urea groups is 1. The Morgan fingerprint density at radius 1 is 1.50 bits per heavy atom. The van der Waals surface area contributed by atoms with Gasteiger partial charge in [0.05, 0.1) is 13.2 Å². The molecule has 24 heavy (non-hydrogen) atoms. The predicted octanol–water partition coefficient (Wildman–Crippen LogP) is 1.37. The summed E-state index contributed by atoms with van der Waals surface area (Å²) in [5.74, 6) is 0.611. The molecule has 1 atom stereocenters. The Labute approximate surface area is 140 Å². The SMILES string of the molecule is COCCN(CC(F)F)C(=O)NC1CCCN(c2ncccn2)C1. The molecule has 2 amide bonds. The van der Waals surface area contributed by atoms with E-state index in [4.69, 9.17) is 4.74 Å². The van der Waals surface area contributed by atoms with Gasteiger partial charge in [-0.05, 0) is 18.9 Å². The average molecular weight is 343 g/mol. The fourth-order valence-corrected chi connectivity index (χ4v) is 2.64. The third-order valence-electron chi connectivity index (χ3n) is 3.79. The molecule has 1 aromatic rings. The number of aromatic nitrogens is 2. The van der Waals surface area contributed by atoms with Gasteiger partial charge in [0.1, 0.15) is 0 Å². The second-order valence-electron chi connectivity index (χ2n) is 5.61. The minimum Gasteiger partial charge on any atom is -0.383 e. The van der Waals surface area contributed by atoms with Gasteiger partial charge in [-0.15, -0.1) is 0 Å². The molecule has 1 aliphatic heterocycles. The van der Waals surface area contributed by atoms with E-state index in [1.165, 1.54) is 7.11 Å². The predicted molar refractivity (Wildman–Crippen MR) is 85.3 cm³/mol. The molecule has 1 aromatic heterocycles. The highest BCUT2D eigenvalue weighted by Gasteiger charge is 2.25. The molecule has 1 N–H and O–H groups in total. The fraction of sp³-hybridized carbons (Fsp3) is 0.667. The zero-order valence-corrected chi connectivity index (χ0v) is 13.7. The number of amides is 2. The van der Waals surface area contributed by atoms with Crippen LogP contribution in [0.2, 0.25) is 0 Å². The van der Waals surface area contributed by atoms with Crippen molar-refractivity contribution in [1.82, 2.24) is 20.2 Å². The van der Waals surface area contributed by atoms with Gasteiger partial charge in [0.25, 0.3) is 6.43 Å². The largest absolute Gasteiger partial charge is 0.383 e. The van der Waals surface area contributed by atoms with Crippen molar-refractivity contribution >= 4 is 12.0 Å². The number of nitrogens with one attached hydrogen (secondary N) is 1. The molecule has 1 aliphatic rings. The van der Waals surface area contributed by atoms with Crippen molar-refractivity contribution in [3.05, 3.63) is 18.5 Å². The van der Waals surface area contributed by atoms with E-state index >= 15 is 0 Å². The standard InChI is InChI=1S/C15H23F2N5O2/c1-24-9-8-22(11-13(16)17)15(23)20-12-4-2-7-21(10-12)14-18-5-3-6-19-14/h3,5-6,12-13H,2,4,7-11H2,1H3,(H,20,23). The Hall–Kier alpha value is -2.03. The summed E-state index contributed by atoms with van der Waals surface area (Å²) in [6.07, 6.45) is 2.42. The molecule has 2 heterocycles. The van der Waals surface area contributed by atoms with Crippen LogP contribution in [0.1, 0.15) is 12.8 Å². The van der Waals surface area contributed by atoms with E-state index in [0.717, 1.165) is 24.3 Å². The maximum absolute atomic E-state index is 12.6. The van der Waals surface area contributed by atoms with E-state index in [9.17, 15) is 13.6 Å². The van der Waals surface area contributed by atoms with E-state index in [1.807, 2.05) is 4.90 Å². The summed E-state index contributed by atoms with van der Waals surface area (Å²) in [7, 11) is 1.47. The minimum absolute atomic E-state index is 0.127. The number of hydrogen-bond donors (Lipinski definition) is 1. The summed E-state index contributed by atoms with van der Waals surface area (Å²) in [5, 5.41) is 2.83. The third-order valence-corrected chi connectivity index (χ3v) is 3.79. The highest BCUT2D eigenvalue weighted by Crippen LogP contribution is 2.15. The van der Waals surface area contributed by atoms with Gasteiger partial charge in [-0.25, -0.2) is 23.5 Å². The maximum atomic E-state index is 12.6. The van der Waals surface area contributed by atoms with Crippen LogP contribution in [-0.2, 0) is 4.74 Å². The van der Waals surface area contributed by atoms with Gasteiger partial charge in [-0.1, -0.05) is 0 Å². The Kier molecular flexibility index (Phi) is 7.10. The number of rotatable bonds is 7. The van der Waals surface area contributed by atoms with Gasteiger partial charge in [0.2, 0.25) is 5.95 Å². The molecule has 1 saturated heterocycles. The van der Waals surface area contributed by atoms with Crippen LogP contribution in [0, 0.1) is 0 Å². The van der Waals surface area contributed by atoms with Crippen LogP contribution in [0.5, 0.6) is 0 Å². The van der Waals surface area contributed by atoms with Crippen LogP contribution >= 0.6 is 0 Å². The second-order valence-corrected chi connectivity index (χ2v) is 5.61. The first kappa shape index (κ1) is 18.3. The lowest BCUT2D eigenvalue weighted by Gasteiger charge is -2.34. The Morgan fingerprint density at radius 3 is 2.92 bits per heavy atom. The van der Waals surface area contributed by atoms with Gasteiger partial charge >= 0.3 is 6.03 Å². The maximum Gasteiger partial charge on any atom is 0.317 e. The van der Waals surface area contributed by atoms with Crippen molar-refractivity contribution in [3.63, 3.8) is 0 Å². The Bertz CT molecular complexity index is 506. The van der Waals surface area contributed by atoms with Crippen LogP contribution in [0.4, 0.5) is 19.5 Å². The van der Waals surface area contributed by atoms with Crippen LogP contribution in [-0.4, -0.2) is 73.3 Å². The molecule has 0 spiro atoms. The summed E-state index contributed by atoms with van der Waals surface area (Å²) < 4.78 is 30.2. The molecule has 1 fully saturated rings. The number of ether oxygens (including phenoxy) is 1. The van der Waals surface area contributed by atoms with Crippen molar-refractivity contribution in [3.8, 4) is 0 Å². The van der Waals surface area contributed by atoms with Gasteiger partial charge in [-0.2, -0.15) is 0 Å². The zero-order valence-electron chi connectivity index (χ0n) is 13.7. The Balaban J connectivity index is 1.91. The molecular formula is C15H23F2N5O2. The number of carbonyl (C=O) groups is 1. The number of piperidine rings is 1. The molecule has 9 heteroatoms. The zero-order chi connectivity index (χ0) is 17.4. The molecule has 0 aliphatic carbocycles. The molecule has 2 rings (SSSR count). The van der Waals surface area contributed by atoms with Crippen molar-refractivity contribution in [2.75, 3.05) is 44.8 Å². The van der Waals surface area contributed by atoms with Crippen molar-refractivity contribution in [1.29, 1.82) is 0 Å². The molecule has 0 aromatic carbocycles. The molecule has 134 valence electrons. The first-order valence-corrected chi connectivity index (χ1v) is 7.94. The van der Waals surface area contributed by atoms with Gasteiger partial charge in [0, 0.05) is 45.2 Å². The molecule has 0 radical (unpaired) electrons. The minimum atomic E-state index is -2.58. The van der Waals surface area contributed by atoms with Crippen LogP contribution in [0.3, 0.4) is 0 Å². The quantitative estimate of drug-likeness (QED) is 0.810. The third kappa shape index (κ3) is 5.55. The van der Waals surface area contributed by atoms with E-state index in [-0.39, 0.29) is 19.2 Å². The van der Waals surface area contributed by atoms with Crippen LogP contribution in [0.25, 0.3) is 0 Å². The van der Waals surface area contributed by atoms with Gasteiger partial charge in [-0.3, -0.25) is 0 Å². The van der Waals surface area contributed by atoms with Crippen LogP contribution in [0.15, 0.2) is 18.5 Å². The number of carbonyl (C=O) groups excluding carboxylic acids is 1. The number of methoxy groups -OCH3 is 1. The van der Waals surface area contributed by atoms with Crippen molar-refractivity contribution in [2.24, 2.45) is 0 Å². The summed E-state index contributed by atoms with van der Waals surface area (Å²) in [6.45, 7) is 1.11. The molecule has 0 saturated carbocycles. The lowest BCUT2D eigenvalue weighted by atomic mass is 10.1. The summed E-state index contributed by atoms with van der Waals surface area (Å²) in [6, 6.07) is 1.12. The average Bonchev–Trinajstić information content (AvgIpc) is 2.59. The number of anilines is 1. The fourth-order valence-electron chi connectivity index (χ4n) is 2.64. The first-order chi connectivity index (χ1) is 11.6. The molecule has 1 unspecified atom stereocenters. The topological polar surface area (TPSA) is 70.6 Å². The first-order valence-electron chi connectivity index (χ1n) is 7.94. The van der Waals surface area contributed by atoms with E-state index in [2.05, 4.69) is 15.3 Å². The number of hydrogen-bond acceptors (Lipinski definition) is 5. The van der Waals surface area contributed by atoms with E-state index in [1.54, 1.807) is 18.5 Å². The van der Waals surface area contributed by atoms with Gasteiger partial charge in [0.15, 0.2) is 0 Å². The molecular weight excluding hydrogens is 320 g/mol. The normalized spacial score (nSPS) is 17.8. The van der Waals surface area contributed by atoms with Crippen LogP contribution < -0.4 is 10.2 Å². The number of nitrogens with zero attached hydrogens (tertiary/aromatic N) is 4. The van der Waals surface area contributed by atoms with E-state index < -0.39 is 19.0 Å². The number of halogens is 2. The highest BCUT2D eigenvalue weighted by molar-refractivity contribution is 5.74. The summed E-state index contributed by atoms with van der Waals surface area (Å²) in [5.41, 5.74) is 0. The lowest BCUT2D eigenvalue weighted by Crippen LogP contribution is -2.53. The summed E-state index contributed by atoms with van der Waals surface area (Å²) in [4.78, 5) is 23.8. The monoisotopic (exact) mass is 343 g/mol. The van der Waals surface area contributed by atoms with Crippen molar-refractivity contribution < 1.29 is 18.3 Å². The number of alkyl halides is 2. The second kappa shape index (κ2) is 9.31. The molecule has 7 nitrogen and oxygen atoms in total.